The van der Waals surface area contributed by atoms with Gasteiger partial charge in [-0.2, -0.15) is 0 Å². The Balaban J connectivity index is 2.02. The predicted octanol–water partition coefficient (Wildman–Crippen LogP) is 2.76. The van der Waals surface area contributed by atoms with E-state index in [0.29, 0.717) is 5.56 Å². The molecule has 132 valence electrons. The Kier molecular flexibility index (Phi) is 6.45. The van der Waals surface area contributed by atoms with E-state index in [0.717, 1.165) is 0 Å². The highest BCUT2D eigenvalue weighted by Crippen LogP contribution is 2.19. The van der Waals surface area contributed by atoms with E-state index in [1.807, 2.05) is 0 Å². The zero-order chi connectivity index (χ0) is 18.2. The summed E-state index contributed by atoms with van der Waals surface area (Å²) in [6, 6.07) is 10.3. The van der Waals surface area contributed by atoms with Crippen molar-refractivity contribution in [3.8, 4) is 5.75 Å². The molecule has 0 bridgehead atoms. The van der Waals surface area contributed by atoms with Gasteiger partial charge < -0.3 is 14.8 Å². The average molecular weight is 349 g/mol. The van der Waals surface area contributed by atoms with Crippen molar-refractivity contribution in [2.24, 2.45) is 0 Å². The van der Waals surface area contributed by atoms with Crippen LogP contribution in [0.25, 0.3) is 0 Å². The van der Waals surface area contributed by atoms with E-state index in [2.05, 4.69) is 10.1 Å². The topological polar surface area (TPSA) is 64.6 Å². The summed E-state index contributed by atoms with van der Waals surface area (Å²) in [6.07, 6.45) is -0.131. The number of rotatable bonds is 7. The van der Waals surface area contributed by atoms with Crippen molar-refractivity contribution in [3.63, 3.8) is 0 Å². The van der Waals surface area contributed by atoms with Gasteiger partial charge in [0.05, 0.1) is 19.6 Å². The summed E-state index contributed by atoms with van der Waals surface area (Å²) in [5, 5.41) is 2.60. The Morgan fingerprint density at radius 3 is 2.40 bits per heavy atom. The molecule has 1 atom stereocenters. The first-order valence-electron chi connectivity index (χ1n) is 7.48. The van der Waals surface area contributed by atoms with Gasteiger partial charge in [0.2, 0.25) is 0 Å². The van der Waals surface area contributed by atoms with Crippen molar-refractivity contribution in [3.05, 3.63) is 65.7 Å². The molecule has 1 amide bonds. The van der Waals surface area contributed by atoms with Crippen LogP contribution in [0, 0.1) is 11.6 Å². The van der Waals surface area contributed by atoms with E-state index in [-0.39, 0.29) is 12.2 Å². The third kappa shape index (κ3) is 5.56. The molecule has 0 aliphatic rings. The fourth-order valence-corrected chi connectivity index (χ4v) is 2.14. The highest BCUT2D eigenvalue weighted by Gasteiger charge is 2.19. The lowest BCUT2D eigenvalue weighted by molar-refractivity contribution is -0.141. The van der Waals surface area contributed by atoms with Crippen LogP contribution in [-0.2, 0) is 14.3 Å². The molecule has 5 nitrogen and oxygen atoms in total. The minimum Gasteiger partial charge on any atom is -0.481 e. The summed E-state index contributed by atoms with van der Waals surface area (Å²) < 4.78 is 36.3. The van der Waals surface area contributed by atoms with E-state index >= 15 is 0 Å². The molecule has 0 aliphatic heterocycles. The van der Waals surface area contributed by atoms with E-state index in [1.165, 1.54) is 49.6 Å². The van der Waals surface area contributed by atoms with Gasteiger partial charge in [-0.3, -0.25) is 9.59 Å². The third-order valence-corrected chi connectivity index (χ3v) is 3.40. The maximum absolute atomic E-state index is 13.5. The van der Waals surface area contributed by atoms with Gasteiger partial charge in [-0.05, 0) is 29.8 Å². The van der Waals surface area contributed by atoms with Crippen LogP contribution >= 0.6 is 0 Å². The van der Waals surface area contributed by atoms with E-state index in [4.69, 9.17) is 4.74 Å². The average Bonchev–Trinajstić information content (AvgIpc) is 2.61. The first-order chi connectivity index (χ1) is 12.0. The van der Waals surface area contributed by atoms with E-state index in [9.17, 15) is 18.4 Å². The molecule has 0 fully saturated rings. The number of amides is 1. The van der Waals surface area contributed by atoms with Crippen LogP contribution in [0.15, 0.2) is 48.5 Å². The molecule has 0 radical (unpaired) electrons. The highest BCUT2D eigenvalue weighted by molar-refractivity contribution is 5.79. The number of halogens is 2. The number of esters is 1. The Hall–Kier alpha value is -2.96. The number of hydrogen-bond donors (Lipinski definition) is 1. The van der Waals surface area contributed by atoms with Crippen molar-refractivity contribution in [2.75, 3.05) is 13.7 Å². The van der Waals surface area contributed by atoms with Gasteiger partial charge in [-0.25, -0.2) is 8.78 Å². The lowest BCUT2D eigenvalue weighted by atomic mass is 10.0. The molecule has 0 unspecified atom stereocenters. The van der Waals surface area contributed by atoms with E-state index < -0.39 is 36.2 Å². The third-order valence-electron chi connectivity index (χ3n) is 3.40. The Bertz CT molecular complexity index is 734. The number of hydrogen-bond acceptors (Lipinski definition) is 4. The number of benzene rings is 2. The second-order valence-corrected chi connectivity index (χ2v) is 5.17. The number of carbonyl (C=O) groups excluding carboxylic acids is 2. The van der Waals surface area contributed by atoms with Gasteiger partial charge in [0, 0.05) is 0 Å². The molecule has 0 saturated carbocycles. The highest BCUT2D eigenvalue weighted by atomic mass is 19.1. The Morgan fingerprint density at radius 1 is 1.08 bits per heavy atom. The minimum atomic E-state index is -0.718. The molecular weight excluding hydrogens is 332 g/mol. The van der Waals surface area contributed by atoms with Crippen molar-refractivity contribution in [1.29, 1.82) is 0 Å². The number of para-hydroxylation sites is 1. The molecule has 0 aliphatic carbocycles. The first-order valence-corrected chi connectivity index (χ1v) is 7.48. The Labute approximate surface area is 143 Å². The second kappa shape index (κ2) is 8.77. The van der Waals surface area contributed by atoms with Crippen LogP contribution in [0.5, 0.6) is 5.75 Å². The summed E-state index contributed by atoms with van der Waals surface area (Å²) in [5.74, 6) is -2.16. The van der Waals surface area contributed by atoms with Crippen LogP contribution in [0.1, 0.15) is 18.0 Å². The van der Waals surface area contributed by atoms with Crippen LogP contribution in [0.2, 0.25) is 0 Å². The molecule has 0 heterocycles. The maximum Gasteiger partial charge on any atom is 0.307 e. The van der Waals surface area contributed by atoms with Crippen LogP contribution in [0.3, 0.4) is 0 Å². The number of methoxy groups -OCH3 is 1. The molecule has 0 saturated heterocycles. The standard InChI is InChI=1S/C18H17F2NO4/c1-24-18(23)10-15(12-6-8-13(19)9-7-12)21-17(22)11-25-16-5-3-2-4-14(16)20/h2-9,15H,10-11H2,1H3,(H,21,22)/t15-/m0/s1. The molecule has 2 aromatic rings. The monoisotopic (exact) mass is 349 g/mol. The Morgan fingerprint density at radius 2 is 1.76 bits per heavy atom. The van der Waals surface area contributed by atoms with Gasteiger partial charge in [-0.1, -0.05) is 24.3 Å². The van der Waals surface area contributed by atoms with Gasteiger partial charge in [0.25, 0.3) is 5.91 Å². The fourth-order valence-electron chi connectivity index (χ4n) is 2.14. The molecule has 2 rings (SSSR count). The van der Waals surface area contributed by atoms with Gasteiger partial charge in [0.1, 0.15) is 5.82 Å². The number of ether oxygens (including phenoxy) is 2. The fraction of sp³-hybridized carbons (Fsp3) is 0.222. The quantitative estimate of drug-likeness (QED) is 0.781. The summed E-state index contributed by atoms with van der Waals surface area (Å²) in [6.45, 7) is -0.431. The zero-order valence-corrected chi connectivity index (χ0v) is 13.5. The maximum atomic E-state index is 13.5. The molecule has 25 heavy (non-hydrogen) atoms. The molecule has 1 N–H and O–H groups in total. The normalized spacial score (nSPS) is 11.5. The van der Waals surface area contributed by atoms with Crippen LogP contribution in [0.4, 0.5) is 8.78 Å². The molecule has 7 heteroatoms. The van der Waals surface area contributed by atoms with Crippen molar-refractivity contribution in [2.45, 2.75) is 12.5 Å². The lowest BCUT2D eigenvalue weighted by Crippen LogP contribution is -2.34. The molecular formula is C18H17F2NO4. The van der Waals surface area contributed by atoms with Crippen molar-refractivity contribution in [1.82, 2.24) is 5.32 Å². The second-order valence-electron chi connectivity index (χ2n) is 5.17. The first kappa shape index (κ1) is 18.4. The summed E-state index contributed by atoms with van der Waals surface area (Å²) >= 11 is 0. The van der Waals surface area contributed by atoms with E-state index in [1.54, 1.807) is 6.07 Å². The summed E-state index contributed by atoms with van der Waals surface area (Å²) in [7, 11) is 1.23. The largest absolute Gasteiger partial charge is 0.481 e. The zero-order valence-electron chi connectivity index (χ0n) is 13.5. The van der Waals surface area contributed by atoms with Crippen molar-refractivity contribution < 1.29 is 27.8 Å². The number of carbonyl (C=O) groups is 2. The van der Waals surface area contributed by atoms with Crippen LogP contribution < -0.4 is 10.1 Å². The SMILES string of the molecule is COC(=O)C[C@H](NC(=O)COc1ccccc1F)c1ccc(F)cc1. The van der Waals surface area contributed by atoms with Gasteiger partial charge in [-0.15, -0.1) is 0 Å². The molecule has 0 aromatic heterocycles. The van der Waals surface area contributed by atoms with Crippen molar-refractivity contribution >= 4 is 11.9 Å². The lowest BCUT2D eigenvalue weighted by Gasteiger charge is -2.18. The molecule has 2 aromatic carbocycles. The summed E-state index contributed by atoms with van der Waals surface area (Å²) in [5.41, 5.74) is 0.533. The molecule has 0 spiro atoms. The minimum absolute atomic E-state index is 0.0519. The van der Waals surface area contributed by atoms with Crippen LogP contribution in [-0.4, -0.2) is 25.6 Å². The predicted molar refractivity (Wildman–Crippen MR) is 85.8 cm³/mol. The number of nitrogens with one attached hydrogen (secondary N) is 1. The van der Waals surface area contributed by atoms with Gasteiger partial charge >= 0.3 is 5.97 Å². The smallest absolute Gasteiger partial charge is 0.307 e. The van der Waals surface area contributed by atoms with Gasteiger partial charge in [0.15, 0.2) is 18.2 Å². The summed E-state index contributed by atoms with van der Waals surface area (Å²) in [4.78, 5) is 23.6.